The third-order valence-corrected chi connectivity index (χ3v) is 5.74. The summed E-state index contributed by atoms with van der Waals surface area (Å²) in [5, 5.41) is 29.8. The van der Waals surface area contributed by atoms with Crippen LogP contribution in [0.25, 0.3) is 6.08 Å². The first-order chi connectivity index (χ1) is 15.9. The molecular formula is C22H15ClN4O5S. The second kappa shape index (κ2) is 9.72. The highest BCUT2D eigenvalue weighted by Crippen LogP contribution is 2.35. The molecule has 0 radical (unpaired) electrons. The Labute approximate surface area is 196 Å². The zero-order valence-electron chi connectivity index (χ0n) is 16.8. The average molecular weight is 483 g/mol. The molecule has 1 amide bonds. The fourth-order valence-corrected chi connectivity index (χ4v) is 4.00. The van der Waals surface area contributed by atoms with Crippen LogP contribution in [0.3, 0.4) is 0 Å². The van der Waals surface area contributed by atoms with Crippen LogP contribution in [0.4, 0.5) is 5.69 Å². The summed E-state index contributed by atoms with van der Waals surface area (Å²) in [5.74, 6) is 0.211. The summed E-state index contributed by atoms with van der Waals surface area (Å²) in [7, 11) is 0. The van der Waals surface area contributed by atoms with Gasteiger partial charge in [-0.15, -0.1) is 5.10 Å². The van der Waals surface area contributed by atoms with Crippen LogP contribution in [0.15, 0.2) is 80.4 Å². The van der Waals surface area contributed by atoms with Crippen molar-refractivity contribution in [2.75, 3.05) is 0 Å². The molecule has 2 heterocycles. The van der Waals surface area contributed by atoms with Crippen molar-refractivity contribution < 1.29 is 19.2 Å². The van der Waals surface area contributed by atoms with Crippen LogP contribution in [0.2, 0.25) is 5.02 Å². The molecule has 9 nitrogen and oxygen atoms in total. The predicted molar refractivity (Wildman–Crippen MR) is 126 cm³/mol. The number of amidine groups is 1. The number of hydrogen-bond donors (Lipinski definition) is 1. The van der Waals surface area contributed by atoms with E-state index in [-0.39, 0.29) is 23.9 Å². The molecule has 0 bridgehead atoms. The van der Waals surface area contributed by atoms with E-state index in [1.165, 1.54) is 41.7 Å². The number of halogens is 1. The van der Waals surface area contributed by atoms with E-state index in [1.54, 1.807) is 36.4 Å². The van der Waals surface area contributed by atoms with Gasteiger partial charge >= 0.3 is 0 Å². The van der Waals surface area contributed by atoms with Gasteiger partial charge in [0.05, 0.1) is 28.9 Å². The largest absolute Gasteiger partial charge is 0.507 e. The number of thioether (sulfide) groups is 1. The Hall–Kier alpha value is -3.89. The molecule has 166 valence electrons. The fourth-order valence-electron chi connectivity index (χ4n) is 2.89. The highest BCUT2D eigenvalue weighted by molar-refractivity contribution is 8.18. The van der Waals surface area contributed by atoms with E-state index in [0.29, 0.717) is 32.0 Å². The number of non-ortho nitro benzene ring substituents is 1. The predicted octanol–water partition coefficient (Wildman–Crippen LogP) is 5.05. The van der Waals surface area contributed by atoms with Gasteiger partial charge in [-0.1, -0.05) is 11.6 Å². The number of carbonyl (C=O) groups excluding carboxylic acids is 1. The second-order valence-corrected chi connectivity index (χ2v) is 8.21. The van der Waals surface area contributed by atoms with Crippen LogP contribution >= 0.6 is 23.4 Å². The number of aromatic hydroxyl groups is 1. The maximum atomic E-state index is 13.1. The van der Waals surface area contributed by atoms with Crippen molar-refractivity contribution in [3.05, 3.63) is 97.8 Å². The van der Waals surface area contributed by atoms with Crippen LogP contribution in [-0.4, -0.2) is 32.2 Å². The van der Waals surface area contributed by atoms with Crippen LogP contribution in [0.1, 0.15) is 16.9 Å². The van der Waals surface area contributed by atoms with Gasteiger partial charge in [-0.2, -0.15) is 5.10 Å². The molecule has 1 aromatic heterocycles. The smallest absolute Gasteiger partial charge is 0.269 e. The molecule has 2 aromatic carbocycles. The molecule has 0 unspecified atom stereocenters. The first kappa shape index (κ1) is 22.3. The lowest BCUT2D eigenvalue weighted by Crippen LogP contribution is -2.28. The number of phenolic OH excluding ortho intramolecular Hbond substituents is 1. The highest BCUT2D eigenvalue weighted by Gasteiger charge is 2.34. The van der Waals surface area contributed by atoms with E-state index in [9.17, 15) is 20.0 Å². The summed E-state index contributed by atoms with van der Waals surface area (Å²) in [6.07, 6.45) is 4.47. The van der Waals surface area contributed by atoms with Crippen molar-refractivity contribution >= 4 is 52.4 Å². The van der Waals surface area contributed by atoms with Crippen molar-refractivity contribution in [3.8, 4) is 5.75 Å². The zero-order valence-corrected chi connectivity index (χ0v) is 18.4. The van der Waals surface area contributed by atoms with Crippen molar-refractivity contribution in [2.24, 2.45) is 10.2 Å². The first-order valence-corrected chi connectivity index (χ1v) is 10.7. The summed E-state index contributed by atoms with van der Waals surface area (Å²) in [4.78, 5) is 25.1. The number of nitro groups is 1. The Bertz CT molecular complexity index is 1290. The summed E-state index contributed by atoms with van der Waals surface area (Å²) in [6, 6.07) is 13.8. The molecular weight excluding hydrogens is 468 g/mol. The van der Waals surface area contributed by atoms with Gasteiger partial charge in [0, 0.05) is 22.7 Å². The molecule has 1 aliphatic rings. The Morgan fingerprint density at radius 2 is 2.00 bits per heavy atom. The number of benzene rings is 2. The second-order valence-electron chi connectivity index (χ2n) is 6.76. The van der Waals surface area contributed by atoms with Crippen LogP contribution in [0, 0.1) is 10.1 Å². The average Bonchev–Trinajstić information content (AvgIpc) is 3.41. The Morgan fingerprint density at radius 1 is 1.21 bits per heavy atom. The molecule has 1 fully saturated rings. The monoisotopic (exact) mass is 482 g/mol. The lowest BCUT2D eigenvalue weighted by molar-refractivity contribution is -0.384. The van der Waals surface area contributed by atoms with Gasteiger partial charge in [-0.3, -0.25) is 19.8 Å². The van der Waals surface area contributed by atoms with E-state index in [1.807, 2.05) is 0 Å². The molecule has 1 aliphatic heterocycles. The first-order valence-electron chi connectivity index (χ1n) is 9.48. The summed E-state index contributed by atoms with van der Waals surface area (Å²) >= 11 is 7.10. The number of hydrogen-bond acceptors (Lipinski definition) is 8. The quantitative estimate of drug-likeness (QED) is 0.227. The van der Waals surface area contributed by atoms with E-state index in [4.69, 9.17) is 16.0 Å². The van der Waals surface area contributed by atoms with E-state index in [2.05, 4.69) is 10.2 Å². The van der Waals surface area contributed by atoms with Gasteiger partial charge < -0.3 is 9.52 Å². The van der Waals surface area contributed by atoms with Crippen molar-refractivity contribution in [1.29, 1.82) is 0 Å². The van der Waals surface area contributed by atoms with Crippen LogP contribution in [0.5, 0.6) is 5.75 Å². The van der Waals surface area contributed by atoms with Crippen molar-refractivity contribution in [2.45, 2.75) is 6.54 Å². The summed E-state index contributed by atoms with van der Waals surface area (Å²) in [6.45, 7) is 0.142. The van der Waals surface area contributed by atoms with Crippen LogP contribution < -0.4 is 0 Å². The Morgan fingerprint density at radius 3 is 2.70 bits per heavy atom. The molecule has 33 heavy (non-hydrogen) atoms. The minimum Gasteiger partial charge on any atom is -0.507 e. The van der Waals surface area contributed by atoms with Gasteiger partial charge in [0.2, 0.25) is 0 Å². The molecule has 1 saturated heterocycles. The molecule has 3 aromatic rings. The third kappa shape index (κ3) is 5.30. The number of rotatable bonds is 6. The maximum absolute atomic E-state index is 13.1. The molecule has 1 N–H and O–H groups in total. The summed E-state index contributed by atoms with van der Waals surface area (Å²) in [5.41, 5.74) is 0.975. The van der Waals surface area contributed by atoms with Crippen LogP contribution in [-0.2, 0) is 11.3 Å². The molecule has 0 saturated carbocycles. The number of amides is 1. The molecule has 11 heteroatoms. The topological polar surface area (TPSA) is 122 Å². The lowest BCUT2D eigenvalue weighted by atomic mass is 10.2. The van der Waals surface area contributed by atoms with E-state index < -0.39 is 4.92 Å². The Balaban J connectivity index is 1.62. The summed E-state index contributed by atoms with van der Waals surface area (Å²) < 4.78 is 5.36. The van der Waals surface area contributed by atoms with Crippen molar-refractivity contribution in [1.82, 2.24) is 4.90 Å². The lowest BCUT2D eigenvalue weighted by Gasteiger charge is -2.12. The van der Waals surface area contributed by atoms with Gasteiger partial charge in [-0.05, 0) is 65.9 Å². The molecule has 0 aliphatic carbocycles. The third-order valence-electron chi connectivity index (χ3n) is 4.51. The number of phenols is 1. The highest BCUT2D eigenvalue weighted by atomic mass is 35.5. The zero-order chi connectivity index (χ0) is 23.4. The number of carbonyl (C=O) groups is 1. The SMILES string of the molecule is O=C1/C(=C/c2cc(Cl)ccc2O)S/C(=N/N=C\c2ccc([N+](=O)[O-])cc2)N1Cc1ccco1. The number of furan rings is 1. The molecule has 4 rings (SSSR count). The van der Waals surface area contributed by atoms with Gasteiger partial charge in [-0.25, -0.2) is 0 Å². The standard InChI is InChI=1S/C22H15ClN4O5S/c23-16-5-8-19(28)15(10-16)11-20-21(29)26(13-18-2-1-9-32-18)22(33-20)25-24-12-14-3-6-17(7-4-14)27(30)31/h1-12,28H,13H2/b20-11-,24-12-,25-22+. The van der Waals surface area contributed by atoms with E-state index >= 15 is 0 Å². The molecule has 0 spiro atoms. The number of nitrogens with zero attached hydrogens (tertiary/aromatic N) is 4. The van der Waals surface area contributed by atoms with Gasteiger partial charge in [0.1, 0.15) is 11.5 Å². The number of nitro benzene ring substituents is 1. The van der Waals surface area contributed by atoms with Crippen molar-refractivity contribution in [3.63, 3.8) is 0 Å². The maximum Gasteiger partial charge on any atom is 0.269 e. The van der Waals surface area contributed by atoms with Gasteiger partial charge in [0.15, 0.2) is 5.17 Å². The minimum absolute atomic E-state index is 0.0144. The Kier molecular flexibility index (Phi) is 6.57. The van der Waals surface area contributed by atoms with Gasteiger partial charge in [0.25, 0.3) is 11.6 Å². The molecule has 0 atom stereocenters. The van der Waals surface area contributed by atoms with E-state index in [0.717, 1.165) is 11.8 Å². The minimum atomic E-state index is -0.486. The fraction of sp³-hybridized carbons (Fsp3) is 0.0455. The normalized spacial score (nSPS) is 16.4.